The van der Waals surface area contributed by atoms with Gasteiger partial charge in [0, 0.05) is 37.0 Å². The lowest BCUT2D eigenvalue weighted by Gasteiger charge is -2.08. The van der Waals surface area contributed by atoms with Gasteiger partial charge in [-0.15, -0.1) is 0 Å². The lowest BCUT2D eigenvalue weighted by atomic mass is 10.2. The van der Waals surface area contributed by atoms with Gasteiger partial charge in [-0.2, -0.15) is 0 Å². The highest BCUT2D eigenvalue weighted by Gasteiger charge is 2.05. The van der Waals surface area contributed by atoms with Crippen molar-refractivity contribution in [2.75, 3.05) is 25.0 Å². The fraction of sp³-hybridized carbons (Fsp3) is 0.158. The zero-order valence-corrected chi connectivity index (χ0v) is 14.8. The summed E-state index contributed by atoms with van der Waals surface area (Å²) < 4.78 is 17.8. The molecule has 1 amide bonds. The number of rotatable bonds is 9. The molecule has 0 spiro atoms. The van der Waals surface area contributed by atoms with Crippen LogP contribution in [0.25, 0.3) is 6.08 Å². The normalized spacial score (nSPS) is 10.5. The van der Waals surface area contributed by atoms with Gasteiger partial charge in [-0.1, -0.05) is 12.1 Å². The first-order valence-corrected chi connectivity index (χ1v) is 8.29. The maximum atomic E-state index is 13.0. The maximum absolute atomic E-state index is 13.0. The minimum absolute atomic E-state index is 0.00730. The summed E-state index contributed by atoms with van der Waals surface area (Å²) in [5, 5.41) is 16.1. The Labute approximate surface area is 160 Å². The molecule has 9 heteroatoms. The Kier molecular flexibility index (Phi) is 7.64. The Morgan fingerprint density at radius 1 is 1.14 bits per heavy atom. The summed E-state index contributed by atoms with van der Waals surface area (Å²) in [5.41, 5.74) is 1.17. The second kappa shape index (κ2) is 10.4. The molecule has 0 saturated heterocycles. The second-order valence-electron chi connectivity index (χ2n) is 5.58. The summed E-state index contributed by atoms with van der Waals surface area (Å²) in [7, 11) is 0. The van der Waals surface area contributed by atoms with Crippen LogP contribution in [-0.2, 0) is 14.3 Å². The molecule has 2 rings (SSSR count). The van der Waals surface area contributed by atoms with Gasteiger partial charge in [-0.25, -0.2) is 9.18 Å². The van der Waals surface area contributed by atoms with Crippen molar-refractivity contribution in [1.29, 1.82) is 0 Å². The minimum atomic E-state index is -0.719. The van der Waals surface area contributed by atoms with E-state index in [1.807, 2.05) is 0 Å². The highest BCUT2D eigenvalue weighted by Crippen LogP contribution is 2.14. The first-order chi connectivity index (χ1) is 13.4. The fourth-order valence-corrected chi connectivity index (χ4v) is 2.12. The number of anilines is 1. The first-order valence-electron chi connectivity index (χ1n) is 8.29. The number of hydrogen-bond acceptors (Lipinski definition) is 6. The van der Waals surface area contributed by atoms with Gasteiger partial charge in [0.05, 0.1) is 4.92 Å². The number of esters is 1. The molecule has 0 aliphatic heterocycles. The fourth-order valence-electron chi connectivity index (χ4n) is 2.12. The van der Waals surface area contributed by atoms with Crippen LogP contribution in [0.3, 0.4) is 0 Å². The third kappa shape index (κ3) is 7.24. The average molecular weight is 387 g/mol. The summed E-state index contributed by atoms with van der Waals surface area (Å²) in [5.74, 6) is -1.61. The number of nitrogens with one attached hydrogen (secondary N) is 2. The Bertz CT molecular complexity index is 868. The Balaban J connectivity index is 1.63. The van der Waals surface area contributed by atoms with E-state index in [0.29, 0.717) is 17.8 Å². The van der Waals surface area contributed by atoms with Gasteiger partial charge in [0.15, 0.2) is 6.61 Å². The van der Waals surface area contributed by atoms with Crippen molar-refractivity contribution in [2.24, 2.45) is 0 Å². The van der Waals surface area contributed by atoms with Crippen LogP contribution in [0.15, 0.2) is 54.6 Å². The topological polar surface area (TPSA) is 111 Å². The molecule has 0 fully saturated rings. The van der Waals surface area contributed by atoms with Crippen molar-refractivity contribution >= 4 is 29.3 Å². The molecule has 0 radical (unpaired) electrons. The number of nitro groups is 1. The van der Waals surface area contributed by atoms with Gasteiger partial charge in [0.2, 0.25) is 0 Å². The quantitative estimate of drug-likeness (QED) is 0.225. The van der Waals surface area contributed by atoms with E-state index >= 15 is 0 Å². The van der Waals surface area contributed by atoms with Crippen LogP contribution in [0, 0.1) is 15.9 Å². The summed E-state index contributed by atoms with van der Waals surface area (Å²) in [6, 6.07) is 11.6. The van der Waals surface area contributed by atoms with Crippen LogP contribution in [-0.4, -0.2) is 36.5 Å². The summed E-state index contributed by atoms with van der Waals surface area (Å²) in [6.45, 7) is 0.216. The highest BCUT2D eigenvalue weighted by atomic mass is 19.1. The van der Waals surface area contributed by atoms with Gasteiger partial charge >= 0.3 is 5.97 Å². The average Bonchev–Trinajstić information content (AvgIpc) is 2.68. The van der Waals surface area contributed by atoms with E-state index in [1.54, 1.807) is 18.2 Å². The SMILES string of the molecule is O=C(COC(=O)/C=C/c1cccc(F)c1)NCCNc1ccc([N+](=O)[O-])cc1. The highest BCUT2D eigenvalue weighted by molar-refractivity contribution is 5.89. The smallest absolute Gasteiger partial charge is 0.331 e. The van der Waals surface area contributed by atoms with Crippen molar-refractivity contribution in [2.45, 2.75) is 0 Å². The summed E-state index contributed by atoms with van der Waals surface area (Å²) in [6.07, 6.45) is 2.50. The predicted molar refractivity (Wildman–Crippen MR) is 101 cm³/mol. The van der Waals surface area contributed by atoms with Crippen molar-refractivity contribution in [1.82, 2.24) is 5.32 Å². The minimum Gasteiger partial charge on any atom is -0.452 e. The van der Waals surface area contributed by atoms with E-state index in [1.165, 1.54) is 36.4 Å². The first kappa shape index (κ1) is 20.6. The van der Waals surface area contributed by atoms with Gasteiger partial charge in [0.25, 0.3) is 11.6 Å². The number of halogens is 1. The van der Waals surface area contributed by atoms with Crippen LogP contribution in [0.4, 0.5) is 15.8 Å². The predicted octanol–water partition coefficient (Wildman–Crippen LogP) is 2.52. The third-order valence-electron chi connectivity index (χ3n) is 3.46. The lowest BCUT2D eigenvalue weighted by molar-refractivity contribution is -0.384. The molecular weight excluding hydrogens is 369 g/mol. The number of hydrogen-bond donors (Lipinski definition) is 2. The molecule has 146 valence electrons. The molecule has 2 aromatic rings. The summed E-state index contributed by atoms with van der Waals surface area (Å²) in [4.78, 5) is 33.3. The molecule has 0 atom stereocenters. The van der Waals surface area contributed by atoms with E-state index in [0.717, 1.165) is 6.08 Å². The zero-order valence-electron chi connectivity index (χ0n) is 14.8. The van der Waals surface area contributed by atoms with E-state index in [2.05, 4.69) is 10.6 Å². The molecule has 0 heterocycles. The second-order valence-corrected chi connectivity index (χ2v) is 5.58. The molecule has 8 nitrogen and oxygen atoms in total. The molecule has 0 unspecified atom stereocenters. The van der Waals surface area contributed by atoms with Gasteiger partial charge in [-0.3, -0.25) is 14.9 Å². The van der Waals surface area contributed by atoms with E-state index < -0.39 is 29.2 Å². The lowest BCUT2D eigenvalue weighted by Crippen LogP contribution is -2.32. The number of nitro benzene ring substituents is 1. The third-order valence-corrected chi connectivity index (χ3v) is 3.46. The zero-order chi connectivity index (χ0) is 20.4. The molecule has 0 saturated carbocycles. The molecule has 0 aromatic heterocycles. The van der Waals surface area contributed by atoms with Crippen LogP contribution in [0.2, 0.25) is 0 Å². The van der Waals surface area contributed by atoms with E-state index in [4.69, 9.17) is 4.74 Å². The number of ether oxygens (including phenoxy) is 1. The monoisotopic (exact) mass is 387 g/mol. The van der Waals surface area contributed by atoms with E-state index in [-0.39, 0.29) is 12.2 Å². The largest absolute Gasteiger partial charge is 0.452 e. The Hall–Kier alpha value is -3.75. The Morgan fingerprint density at radius 3 is 2.57 bits per heavy atom. The maximum Gasteiger partial charge on any atom is 0.331 e. The van der Waals surface area contributed by atoms with Crippen molar-refractivity contribution in [3.63, 3.8) is 0 Å². The number of carbonyl (C=O) groups is 2. The van der Waals surface area contributed by atoms with Crippen LogP contribution in [0.1, 0.15) is 5.56 Å². The molecule has 0 aliphatic carbocycles. The van der Waals surface area contributed by atoms with Crippen molar-refractivity contribution in [3.8, 4) is 0 Å². The van der Waals surface area contributed by atoms with Gasteiger partial charge < -0.3 is 15.4 Å². The van der Waals surface area contributed by atoms with Gasteiger partial charge in [-0.05, 0) is 35.9 Å². The number of non-ortho nitro benzene ring substituents is 1. The molecule has 2 N–H and O–H groups in total. The standard InChI is InChI=1S/C19H18FN3O5/c20-15-3-1-2-14(12-15)4-9-19(25)28-13-18(24)22-11-10-21-16-5-7-17(8-6-16)23(26)27/h1-9,12,21H,10-11,13H2,(H,22,24)/b9-4+. The van der Waals surface area contributed by atoms with Crippen LogP contribution >= 0.6 is 0 Å². The molecule has 0 bridgehead atoms. The van der Waals surface area contributed by atoms with Crippen molar-refractivity contribution < 1.29 is 23.6 Å². The number of nitrogens with zero attached hydrogens (tertiary/aromatic N) is 1. The molecular formula is C19H18FN3O5. The van der Waals surface area contributed by atoms with E-state index in [9.17, 15) is 24.1 Å². The van der Waals surface area contributed by atoms with Crippen molar-refractivity contribution in [3.05, 3.63) is 76.1 Å². The van der Waals surface area contributed by atoms with Crippen LogP contribution < -0.4 is 10.6 Å². The Morgan fingerprint density at radius 2 is 1.89 bits per heavy atom. The number of benzene rings is 2. The molecule has 28 heavy (non-hydrogen) atoms. The number of carbonyl (C=O) groups excluding carboxylic acids is 2. The molecule has 0 aliphatic rings. The van der Waals surface area contributed by atoms with Crippen LogP contribution in [0.5, 0.6) is 0 Å². The summed E-state index contributed by atoms with van der Waals surface area (Å²) >= 11 is 0. The number of amides is 1. The molecule has 2 aromatic carbocycles. The van der Waals surface area contributed by atoms with Gasteiger partial charge in [0.1, 0.15) is 5.82 Å².